The van der Waals surface area contributed by atoms with Crippen molar-refractivity contribution in [3.8, 4) is 6.07 Å². The van der Waals surface area contributed by atoms with Crippen LogP contribution in [0.25, 0.3) is 0 Å². The fraction of sp³-hybridized carbons (Fsp3) is 0.500. The van der Waals surface area contributed by atoms with E-state index in [2.05, 4.69) is 11.6 Å². The van der Waals surface area contributed by atoms with Crippen molar-refractivity contribution >= 4 is 21.6 Å². The summed E-state index contributed by atoms with van der Waals surface area (Å²) in [6.45, 7) is 2.13. The van der Waals surface area contributed by atoms with Crippen LogP contribution >= 0.6 is 11.6 Å². The summed E-state index contributed by atoms with van der Waals surface area (Å²) in [4.78, 5) is -0.0172. The topological polar surface area (TPSA) is 70.0 Å². The molecule has 4 nitrogen and oxygen atoms in total. The van der Waals surface area contributed by atoms with Gasteiger partial charge in [-0.2, -0.15) is 5.26 Å². The lowest BCUT2D eigenvalue weighted by molar-refractivity contribution is 0.327. The molecule has 0 amide bonds. The summed E-state index contributed by atoms with van der Waals surface area (Å²) < 4.78 is 27.5. The quantitative estimate of drug-likeness (QED) is 0.932. The molecular formula is C14H17ClN2O2S. The third-order valence-corrected chi connectivity index (χ3v) is 5.61. The molecule has 2 atom stereocenters. The molecule has 20 heavy (non-hydrogen) atoms. The predicted molar refractivity (Wildman–Crippen MR) is 77.9 cm³/mol. The lowest BCUT2D eigenvalue weighted by Gasteiger charge is -2.27. The number of hydrogen-bond acceptors (Lipinski definition) is 3. The van der Waals surface area contributed by atoms with Crippen molar-refractivity contribution in [2.24, 2.45) is 5.92 Å². The first-order chi connectivity index (χ1) is 9.42. The molecule has 1 aromatic rings. The Morgan fingerprint density at radius 1 is 1.40 bits per heavy atom. The van der Waals surface area contributed by atoms with E-state index in [-0.39, 0.29) is 21.5 Å². The second-order valence-corrected chi connectivity index (χ2v) is 7.44. The zero-order valence-electron chi connectivity index (χ0n) is 11.3. The average Bonchev–Trinajstić information content (AvgIpc) is 2.38. The van der Waals surface area contributed by atoms with Crippen LogP contribution in [0.2, 0.25) is 5.02 Å². The molecule has 1 aliphatic rings. The lowest BCUT2D eigenvalue weighted by Crippen LogP contribution is -2.38. The van der Waals surface area contributed by atoms with Crippen LogP contribution in [-0.4, -0.2) is 14.5 Å². The van der Waals surface area contributed by atoms with Gasteiger partial charge in [0.25, 0.3) is 0 Å². The number of halogens is 1. The van der Waals surface area contributed by atoms with Crippen LogP contribution in [-0.2, 0) is 10.0 Å². The summed E-state index contributed by atoms with van der Waals surface area (Å²) in [5.41, 5.74) is 0.284. The maximum absolute atomic E-state index is 12.4. The van der Waals surface area contributed by atoms with E-state index in [0.717, 1.165) is 25.7 Å². The van der Waals surface area contributed by atoms with E-state index in [1.54, 1.807) is 0 Å². The Kier molecular flexibility index (Phi) is 4.69. The first-order valence-electron chi connectivity index (χ1n) is 6.64. The maximum Gasteiger partial charge on any atom is 0.242 e. The van der Waals surface area contributed by atoms with Gasteiger partial charge < -0.3 is 0 Å². The van der Waals surface area contributed by atoms with Crippen LogP contribution in [0.5, 0.6) is 0 Å². The van der Waals surface area contributed by atoms with Crippen LogP contribution in [0, 0.1) is 17.2 Å². The standard InChI is InChI=1S/C14H17ClN2O2S/c1-10-3-2-4-12(7-10)17-20(18,19)14-8-11(9-16)5-6-13(14)15/h5-6,8,10,12,17H,2-4,7H2,1H3. The number of rotatable bonds is 3. The Bertz CT molecular complexity index is 637. The van der Waals surface area contributed by atoms with Gasteiger partial charge in [-0.3, -0.25) is 0 Å². The molecule has 0 radical (unpaired) electrons. The molecule has 1 saturated carbocycles. The molecule has 6 heteroatoms. The van der Waals surface area contributed by atoms with Gasteiger partial charge in [0.15, 0.2) is 0 Å². The molecular weight excluding hydrogens is 296 g/mol. The Balaban J connectivity index is 2.24. The zero-order valence-corrected chi connectivity index (χ0v) is 12.8. The van der Waals surface area contributed by atoms with Crippen LogP contribution < -0.4 is 4.72 Å². The number of nitrogens with one attached hydrogen (secondary N) is 1. The fourth-order valence-electron chi connectivity index (χ4n) is 2.60. The van der Waals surface area contributed by atoms with Gasteiger partial charge in [0.1, 0.15) is 4.90 Å². The zero-order chi connectivity index (χ0) is 14.8. The summed E-state index contributed by atoms with van der Waals surface area (Å²) >= 11 is 5.96. The largest absolute Gasteiger partial charge is 0.242 e. The minimum absolute atomic E-state index is 0.0172. The van der Waals surface area contributed by atoms with Gasteiger partial charge >= 0.3 is 0 Å². The Labute approximate surface area is 124 Å². The average molecular weight is 313 g/mol. The normalized spacial score (nSPS) is 23.2. The molecule has 0 bridgehead atoms. The van der Waals surface area contributed by atoms with Crippen molar-refractivity contribution in [1.29, 1.82) is 5.26 Å². The maximum atomic E-state index is 12.4. The highest BCUT2D eigenvalue weighted by Crippen LogP contribution is 2.27. The number of nitriles is 1. The number of sulfonamides is 1. The fourth-order valence-corrected chi connectivity index (χ4v) is 4.41. The van der Waals surface area contributed by atoms with E-state index in [9.17, 15) is 8.42 Å². The van der Waals surface area contributed by atoms with Gasteiger partial charge in [0.2, 0.25) is 10.0 Å². The van der Waals surface area contributed by atoms with Crippen molar-refractivity contribution in [1.82, 2.24) is 4.72 Å². The Hall–Kier alpha value is -1.09. The molecule has 1 aliphatic carbocycles. The van der Waals surface area contributed by atoms with E-state index in [1.165, 1.54) is 18.2 Å². The number of hydrogen-bond donors (Lipinski definition) is 1. The minimum Gasteiger partial charge on any atom is -0.208 e. The molecule has 1 N–H and O–H groups in total. The highest BCUT2D eigenvalue weighted by molar-refractivity contribution is 7.89. The predicted octanol–water partition coefficient (Wildman–Crippen LogP) is 3.07. The molecule has 1 fully saturated rings. The van der Waals surface area contributed by atoms with Gasteiger partial charge in [0.05, 0.1) is 16.7 Å². The van der Waals surface area contributed by atoms with Gasteiger partial charge in [-0.25, -0.2) is 13.1 Å². The van der Waals surface area contributed by atoms with Crippen LogP contribution in [0.3, 0.4) is 0 Å². The lowest BCUT2D eigenvalue weighted by atomic mass is 9.88. The molecule has 0 heterocycles. The smallest absolute Gasteiger partial charge is 0.208 e. The third-order valence-electron chi connectivity index (χ3n) is 3.61. The molecule has 0 aliphatic heterocycles. The van der Waals surface area contributed by atoms with Crippen molar-refractivity contribution in [3.05, 3.63) is 28.8 Å². The van der Waals surface area contributed by atoms with E-state index in [0.29, 0.717) is 5.92 Å². The Morgan fingerprint density at radius 2 is 2.15 bits per heavy atom. The van der Waals surface area contributed by atoms with Crippen molar-refractivity contribution < 1.29 is 8.42 Å². The molecule has 0 saturated heterocycles. The second-order valence-electron chi connectivity index (χ2n) is 5.35. The van der Waals surface area contributed by atoms with Gasteiger partial charge in [-0.1, -0.05) is 31.4 Å². The summed E-state index contributed by atoms with van der Waals surface area (Å²) in [6, 6.07) is 6.14. The summed E-state index contributed by atoms with van der Waals surface area (Å²) in [5.74, 6) is 0.525. The number of nitrogens with zero attached hydrogens (tertiary/aromatic N) is 1. The minimum atomic E-state index is -3.68. The van der Waals surface area contributed by atoms with E-state index in [4.69, 9.17) is 16.9 Å². The first kappa shape index (κ1) is 15.3. The van der Waals surface area contributed by atoms with E-state index in [1.807, 2.05) is 6.07 Å². The first-order valence-corrected chi connectivity index (χ1v) is 8.50. The van der Waals surface area contributed by atoms with Crippen molar-refractivity contribution in [2.75, 3.05) is 0 Å². The highest BCUT2D eigenvalue weighted by Gasteiger charge is 2.26. The summed E-state index contributed by atoms with van der Waals surface area (Å²) in [7, 11) is -3.68. The molecule has 0 spiro atoms. The van der Waals surface area contributed by atoms with Crippen molar-refractivity contribution in [3.63, 3.8) is 0 Å². The highest BCUT2D eigenvalue weighted by atomic mass is 35.5. The van der Waals surface area contributed by atoms with Crippen LogP contribution in [0.4, 0.5) is 0 Å². The molecule has 0 aromatic heterocycles. The summed E-state index contributed by atoms with van der Waals surface area (Å²) in [5, 5.41) is 9.01. The van der Waals surface area contributed by atoms with Crippen LogP contribution in [0.15, 0.2) is 23.1 Å². The molecule has 2 unspecified atom stereocenters. The van der Waals surface area contributed by atoms with Gasteiger partial charge in [-0.15, -0.1) is 0 Å². The molecule has 108 valence electrons. The Morgan fingerprint density at radius 3 is 2.80 bits per heavy atom. The molecule has 1 aromatic carbocycles. The van der Waals surface area contributed by atoms with E-state index < -0.39 is 10.0 Å². The monoisotopic (exact) mass is 312 g/mol. The third kappa shape index (κ3) is 3.51. The van der Waals surface area contributed by atoms with Gasteiger partial charge in [0, 0.05) is 6.04 Å². The molecule has 2 rings (SSSR count). The van der Waals surface area contributed by atoms with Crippen LogP contribution in [0.1, 0.15) is 38.2 Å². The second kappa shape index (κ2) is 6.13. The van der Waals surface area contributed by atoms with Crippen molar-refractivity contribution in [2.45, 2.75) is 43.5 Å². The SMILES string of the molecule is CC1CCCC(NS(=O)(=O)c2cc(C#N)ccc2Cl)C1. The summed E-state index contributed by atoms with van der Waals surface area (Å²) in [6.07, 6.45) is 3.86. The van der Waals surface area contributed by atoms with E-state index >= 15 is 0 Å². The van der Waals surface area contributed by atoms with Gasteiger partial charge in [-0.05, 0) is 37.0 Å². The number of benzene rings is 1.